The van der Waals surface area contributed by atoms with Gasteiger partial charge >= 0.3 is 6.09 Å². The van der Waals surface area contributed by atoms with Crippen LogP contribution in [-0.4, -0.2) is 49.2 Å². The van der Waals surface area contributed by atoms with Crippen LogP contribution in [0.5, 0.6) is 0 Å². The lowest BCUT2D eigenvalue weighted by Crippen LogP contribution is -2.40. The minimum absolute atomic E-state index is 0.00330. The number of nitrogens with zero attached hydrogens (tertiary/aromatic N) is 6. The molecular formula is C34H44F2N6O2. The summed E-state index contributed by atoms with van der Waals surface area (Å²) in [4.78, 5) is 17.1. The molecule has 44 heavy (non-hydrogen) atoms. The third kappa shape index (κ3) is 5.28. The molecule has 2 aliphatic heterocycles. The van der Waals surface area contributed by atoms with Crippen LogP contribution in [0.15, 0.2) is 24.5 Å². The van der Waals surface area contributed by atoms with E-state index in [2.05, 4.69) is 21.6 Å². The molecule has 8 nitrogen and oxygen atoms in total. The zero-order valence-corrected chi connectivity index (χ0v) is 26.6. The SMILES string of the molecule is Cn1cc(-c2cc3c(cc2C(F)F)N(c2nn(C4CCC5CC5(C)CC4)c4c2CN(C(=O)OC(C)(C)C)CC4)CCC3)cn1. The number of benzene rings is 1. The summed E-state index contributed by atoms with van der Waals surface area (Å²) in [6, 6.07) is 3.90. The highest BCUT2D eigenvalue weighted by Crippen LogP contribution is 2.61. The van der Waals surface area contributed by atoms with Gasteiger partial charge in [-0.25, -0.2) is 13.6 Å². The fourth-order valence-electron chi connectivity index (χ4n) is 7.83. The average molecular weight is 607 g/mol. The van der Waals surface area contributed by atoms with Gasteiger partial charge in [0.1, 0.15) is 5.60 Å². The summed E-state index contributed by atoms with van der Waals surface area (Å²) in [5, 5.41) is 9.56. The van der Waals surface area contributed by atoms with Crippen LogP contribution in [0.25, 0.3) is 11.1 Å². The van der Waals surface area contributed by atoms with E-state index < -0.39 is 12.0 Å². The summed E-state index contributed by atoms with van der Waals surface area (Å²) < 4.78 is 38.9. The predicted octanol–water partition coefficient (Wildman–Crippen LogP) is 7.74. The van der Waals surface area contributed by atoms with Crippen molar-refractivity contribution in [2.45, 2.75) is 104 Å². The quantitative estimate of drug-likeness (QED) is 0.304. The normalized spacial score (nSPS) is 24.9. The third-order valence-electron chi connectivity index (χ3n) is 10.4. The predicted molar refractivity (Wildman–Crippen MR) is 165 cm³/mol. The van der Waals surface area contributed by atoms with Gasteiger partial charge in [-0.2, -0.15) is 10.2 Å². The molecule has 2 saturated carbocycles. The van der Waals surface area contributed by atoms with Gasteiger partial charge in [0, 0.05) is 60.8 Å². The Kier molecular flexibility index (Phi) is 7.05. The first-order chi connectivity index (χ1) is 20.9. The second-order valence-electron chi connectivity index (χ2n) is 14.7. The Balaban J connectivity index is 1.30. The summed E-state index contributed by atoms with van der Waals surface area (Å²) in [7, 11) is 1.80. The van der Waals surface area contributed by atoms with Crippen LogP contribution in [0.1, 0.15) is 101 Å². The van der Waals surface area contributed by atoms with Crippen LogP contribution >= 0.6 is 0 Å². The van der Waals surface area contributed by atoms with Crippen LogP contribution < -0.4 is 4.90 Å². The number of alkyl halides is 2. The molecular weight excluding hydrogens is 562 g/mol. The fraction of sp³-hybridized carbons (Fsp3) is 0.618. The van der Waals surface area contributed by atoms with Crippen molar-refractivity contribution in [3.63, 3.8) is 0 Å². The second-order valence-corrected chi connectivity index (χ2v) is 14.7. The lowest BCUT2D eigenvalue weighted by molar-refractivity contribution is 0.0222. The van der Waals surface area contributed by atoms with Crippen molar-refractivity contribution >= 4 is 17.6 Å². The van der Waals surface area contributed by atoms with Gasteiger partial charge in [0.2, 0.25) is 0 Å². The summed E-state index contributed by atoms with van der Waals surface area (Å²) in [6.07, 6.45) is 8.81. The fourth-order valence-corrected chi connectivity index (χ4v) is 7.83. The molecule has 0 radical (unpaired) electrons. The largest absolute Gasteiger partial charge is 0.444 e. The molecule has 0 saturated heterocycles. The second kappa shape index (κ2) is 10.6. The zero-order valence-electron chi connectivity index (χ0n) is 26.6. The lowest BCUT2D eigenvalue weighted by atomic mass is 9.92. The molecule has 3 unspecified atom stereocenters. The van der Waals surface area contributed by atoms with Gasteiger partial charge in [0.15, 0.2) is 5.82 Å². The Morgan fingerprint density at radius 3 is 2.68 bits per heavy atom. The number of carbonyl (C=O) groups excluding carboxylic acids is 1. The van der Waals surface area contributed by atoms with Gasteiger partial charge in [0.05, 0.1) is 18.8 Å². The third-order valence-corrected chi connectivity index (χ3v) is 10.4. The molecule has 10 heteroatoms. The highest BCUT2D eigenvalue weighted by Gasteiger charge is 2.51. The van der Waals surface area contributed by atoms with E-state index in [1.807, 2.05) is 26.8 Å². The van der Waals surface area contributed by atoms with Crippen molar-refractivity contribution in [3.8, 4) is 11.1 Å². The Hall–Kier alpha value is -3.43. The number of halogens is 2. The molecule has 3 aromatic rings. The molecule has 2 aromatic heterocycles. The summed E-state index contributed by atoms with van der Waals surface area (Å²) in [5.41, 5.74) is 5.13. The van der Waals surface area contributed by atoms with Crippen molar-refractivity contribution in [1.29, 1.82) is 0 Å². The number of aromatic nitrogens is 4. The first kappa shape index (κ1) is 29.3. The summed E-state index contributed by atoms with van der Waals surface area (Å²) >= 11 is 0. The molecule has 7 rings (SSSR count). The van der Waals surface area contributed by atoms with Crippen LogP contribution in [0.4, 0.5) is 25.1 Å². The van der Waals surface area contributed by atoms with E-state index in [1.54, 1.807) is 35.1 Å². The maximum Gasteiger partial charge on any atom is 0.410 e. The molecule has 4 heterocycles. The molecule has 4 aliphatic rings. The Labute approximate surface area is 258 Å². The number of carbonyl (C=O) groups is 1. The minimum Gasteiger partial charge on any atom is -0.444 e. The molecule has 1 amide bonds. The number of ether oxygens (including phenoxy) is 1. The number of fused-ring (bicyclic) bond motifs is 3. The number of aryl methyl sites for hydroxylation is 2. The van der Waals surface area contributed by atoms with E-state index in [1.165, 1.54) is 25.0 Å². The zero-order chi connectivity index (χ0) is 31.0. The molecule has 0 N–H and O–H groups in total. The van der Waals surface area contributed by atoms with E-state index in [4.69, 9.17) is 9.84 Å². The van der Waals surface area contributed by atoms with E-state index in [9.17, 15) is 13.6 Å². The molecule has 236 valence electrons. The van der Waals surface area contributed by atoms with E-state index in [0.717, 1.165) is 54.2 Å². The Morgan fingerprint density at radius 1 is 1.14 bits per heavy atom. The van der Waals surface area contributed by atoms with Crippen LogP contribution in [-0.2, 0) is 31.2 Å². The highest BCUT2D eigenvalue weighted by molar-refractivity contribution is 5.77. The minimum atomic E-state index is -2.63. The van der Waals surface area contributed by atoms with Crippen molar-refractivity contribution in [2.75, 3.05) is 18.0 Å². The van der Waals surface area contributed by atoms with Crippen molar-refractivity contribution in [2.24, 2.45) is 18.4 Å². The first-order valence-electron chi connectivity index (χ1n) is 16.2. The van der Waals surface area contributed by atoms with E-state index in [-0.39, 0.29) is 11.7 Å². The van der Waals surface area contributed by atoms with Crippen molar-refractivity contribution in [3.05, 3.63) is 46.9 Å². The standard InChI is InChI=1S/C34H44F2N6O2/c1-33(2,3)44-32(43)40-14-11-28-27(20-40)31(38-42(28)24-9-8-23-17-34(23,4)12-10-24)41-13-6-7-21-15-25(22-18-37-39(5)19-22)26(30(35)36)16-29(21)41/h15-16,18-19,23-24,30H,6-14,17,20H2,1-5H3. The van der Waals surface area contributed by atoms with Gasteiger partial charge < -0.3 is 14.5 Å². The molecule has 2 aliphatic carbocycles. The Morgan fingerprint density at radius 2 is 1.95 bits per heavy atom. The van der Waals surface area contributed by atoms with Gasteiger partial charge in [-0.05, 0) is 100 Å². The number of anilines is 2. The topological polar surface area (TPSA) is 68.4 Å². The first-order valence-corrected chi connectivity index (χ1v) is 16.2. The summed E-state index contributed by atoms with van der Waals surface area (Å²) in [5.74, 6) is 1.61. The van der Waals surface area contributed by atoms with Gasteiger partial charge in [0.25, 0.3) is 6.43 Å². The van der Waals surface area contributed by atoms with Crippen LogP contribution in [0, 0.1) is 11.3 Å². The maximum absolute atomic E-state index is 14.6. The van der Waals surface area contributed by atoms with Crippen molar-refractivity contribution < 1.29 is 18.3 Å². The number of hydrogen-bond acceptors (Lipinski definition) is 5. The number of hydrogen-bond donors (Lipinski definition) is 0. The molecule has 0 spiro atoms. The van der Waals surface area contributed by atoms with E-state index >= 15 is 0 Å². The molecule has 1 aromatic carbocycles. The average Bonchev–Trinajstić information content (AvgIpc) is 3.26. The van der Waals surface area contributed by atoms with Crippen LogP contribution in [0.3, 0.4) is 0 Å². The molecule has 2 fully saturated rings. The highest BCUT2D eigenvalue weighted by atomic mass is 19.3. The van der Waals surface area contributed by atoms with E-state index in [0.29, 0.717) is 48.6 Å². The van der Waals surface area contributed by atoms with Gasteiger partial charge in [-0.15, -0.1) is 0 Å². The maximum atomic E-state index is 14.6. The Bertz CT molecular complexity index is 1590. The monoisotopic (exact) mass is 606 g/mol. The van der Waals surface area contributed by atoms with Gasteiger partial charge in [-0.1, -0.05) is 6.92 Å². The number of rotatable bonds is 4. The lowest BCUT2D eigenvalue weighted by Gasteiger charge is -2.34. The summed E-state index contributed by atoms with van der Waals surface area (Å²) in [6.45, 7) is 9.72. The molecule has 0 bridgehead atoms. The van der Waals surface area contributed by atoms with Crippen LogP contribution in [0.2, 0.25) is 0 Å². The van der Waals surface area contributed by atoms with Crippen molar-refractivity contribution in [1.82, 2.24) is 24.5 Å². The number of amides is 1. The smallest absolute Gasteiger partial charge is 0.410 e. The molecule has 3 atom stereocenters. The van der Waals surface area contributed by atoms with Gasteiger partial charge in [-0.3, -0.25) is 9.36 Å².